The largest absolute Gasteiger partial charge is 0.378 e. The lowest BCUT2D eigenvalue weighted by Crippen LogP contribution is -2.49. The third kappa shape index (κ3) is 4.72. The summed E-state index contributed by atoms with van der Waals surface area (Å²) in [5, 5.41) is 0. The number of carbonyl (C=O) groups is 2. The van der Waals surface area contributed by atoms with Crippen molar-refractivity contribution in [3.05, 3.63) is 29.8 Å². The number of amides is 3. The molecule has 0 saturated carbocycles. The monoisotopic (exact) mass is 414 g/mol. The molecule has 7 nitrogen and oxygen atoms in total. The van der Waals surface area contributed by atoms with E-state index in [1.165, 1.54) is 5.69 Å². The summed E-state index contributed by atoms with van der Waals surface area (Å²) in [5.74, 6) is 0.0385. The second kappa shape index (κ2) is 9.69. The molecule has 7 heteroatoms. The van der Waals surface area contributed by atoms with E-state index >= 15 is 0 Å². The van der Waals surface area contributed by atoms with E-state index in [1.54, 1.807) is 0 Å². The fraction of sp³-hybridized carbons (Fsp3) is 0.652. The van der Waals surface area contributed by atoms with Crippen LogP contribution in [0, 0.1) is 5.92 Å². The number of urea groups is 1. The average molecular weight is 415 g/mol. The second-order valence-electron chi connectivity index (χ2n) is 8.68. The number of benzene rings is 1. The van der Waals surface area contributed by atoms with E-state index in [0.717, 1.165) is 77.2 Å². The van der Waals surface area contributed by atoms with Crippen LogP contribution >= 0.6 is 0 Å². The van der Waals surface area contributed by atoms with Gasteiger partial charge in [0.05, 0.1) is 19.1 Å². The van der Waals surface area contributed by atoms with Crippen molar-refractivity contribution in [2.75, 3.05) is 64.4 Å². The van der Waals surface area contributed by atoms with E-state index in [0.29, 0.717) is 13.1 Å². The van der Waals surface area contributed by atoms with Crippen molar-refractivity contribution in [1.82, 2.24) is 14.7 Å². The van der Waals surface area contributed by atoms with Crippen LogP contribution in [0.2, 0.25) is 0 Å². The zero-order valence-corrected chi connectivity index (χ0v) is 18.1. The van der Waals surface area contributed by atoms with Gasteiger partial charge in [-0.3, -0.25) is 4.79 Å². The summed E-state index contributed by atoms with van der Waals surface area (Å²) in [5.41, 5.74) is 2.35. The zero-order chi connectivity index (χ0) is 20.9. The smallest absolute Gasteiger partial charge is 0.320 e. The highest BCUT2D eigenvalue weighted by Crippen LogP contribution is 2.25. The minimum absolute atomic E-state index is 0.106. The van der Waals surface area contributed by atoms with Crippen LogP contribution < -0.4 is 4.90 Å². The topological polar surface area (TPSA) is 56.3 Å². The first-order chi connectivity index (χ1) is 14.6. The van der Waals surface area contributed by atoms with E-state index in [9.17, 15) is 9.59 Å². The number of ether oxygens (including phenoxy) is 1. The molecule has 0 aromatic heterocycles. The van der Waals surface area contributed by atoms with Crippen molar-refractivity contribution >= 4 is 17.6 Å². The number of hydrogen-bond donors (Lipinski definition) is 0. The molecule has 1 atom stereocenters. The second-order valence-corrected chi connectivity index (χ2v) is 8.68. The maximum absolute atomic E-state index is 13.2. The lowest BCUT2D eigenvalue weighted by Gasteiger charge is -2.36. The summed E-state index contributed by atoms with van der Waals surface area (Å²) in [6, 6.07) is 8.45. The Morgan fingerprint density at radius 1 is 1.00 bits per heavy atom. The Morgan fingerprint density at radius 3 is 2.47 bits per heavy atom. The van der Waals surface area contributed by atoms with Crippen LogP contribution in [0.3, 0.4) is 0 Å². The molecule has 3 heterocycles. The summed E-state index contributed by atoms with van der Waals surface area (Å²) in [6.07, 6.45) is 3.94. The van der Waals surface area contributed by atoms with Crippen molar-refractivity contribution in [3.63, 3.8) is 0 Å². The van der Waals surface area contributed by atoms with Crippen LogP contribution in [0.15, 0.2) is 24.3 Å². The van der Waals surface area contributed by atoms with Gasteiger partial charge in [0.2, 0.25) is 5.91 Å². The van der Waals surface area contributed by atoms with Gasteiger partial charge >= 0.3 is 6.03 Å². The molecule has 30 heavy (non-hydrogen) atoms. The predicted octanol–water partition coefficient (Wildman–Crippen LogP) is 2.41. The highest BCUT2D eigenvalue weighted by atomic mass is 16.5. The Hall–Kier alpha value is -2.28. The minimum Gasteiger partial charge on any atom is -0.378 e. The van der Waals surface area contributed by atoms with Crippen molar-refractivity contribution in [3.8, 4) is 0 Å². The summed E-state index contributed by atoms with van der Waals surface area (Å²) < 4.78 is 5.48. The number of likely N-dealkylation sites (tertiary alicyclic amines) is 2. The lowest BCUT2D eigenvalue weighted by molar-refractivity contribution is -0.136. The Labute approximate surface area is 179 Å². The number of carbonyl (C=O) groups excluding carboxylic acids is 2. The van der Waals surface area contributed by atoms with Crippen molar-refractivity contribution in [2.24, 2.45) is 5.92 Å². The number of piperidine rings is 1. The number of hydrogen-bond acceptors (Lipinski definition) is 4. The summed E-state index contributed by atoms with van der Waals surface area (Å²) in [7, 11) is 1.89. The van der Waals surface area contributed by atoms with Crippen LogP contribution in [0.4, 0.5) is 10.5 Å². The molecule has 3 aliphatic rings. The van der Waals surface area contributed by atoms with E-state index < -0.39 is 0 Å². The van der Waals surface area contributed by atoms with Gasteiger partial charge < -0.3 is 24.3 Å². The molecule has 3 saturated heterocycles. The molecule has 0 spiro atoms. The first kappa shape index (κ1) is 21.0. The highest BCUT2D eigenvalue weighted by molar-refractivity contribution is 5.81. The van der Waals surface area contributed by atoms with E-state index in [-0.39, 0.29) is 17.9 Å². The molecule has 1 aromatic carbocycles. The van der Waals surface area contributed by atoms with Gasteiger partial charge in [-0.2, -0.15) is 0 Å². The molecule has 3 aliphatic heterocycles. The molecule has 0 aliphatic carbocycles. The van der Waals surface area contributed by atoms with Gasteiger partial charge in [-0.1, -0.05) is 18.2 Å². The van der Waals surface area contributed by atoms with Crippen molar-refractivity contribution in [1.29, 1.82) is 0 Å². The molecule has 4 rings (SSSR count). The van der Waals surface area contributed by atoms with Crippen molar-refractivity contribution < 1.29 is 14.3 Å². The predicted molar refractivity (Wildman–Crippen MR) is 116 cm³/mol. The number of morpholine rings is 1. The molecule has 3 amide bonds. The number of rotatable bonds is 4. The third-order valence-electron chi connectivity index (χ3n) is 6.54. The SMILES string of the molecule is CN(Cc1ccccc1N1CCOCC1)C(=O)[C@@H]1CCCN(C(=O)N2CCCC2)C1. The fourth-order valence-corrected chi connectivity index (χ4v) is 4.86. The molecule has 3 fully saturated rings. The lowest BCUT2D eigenvalue weighted by atomic mass is 9.96. The molecular formula is C23H34N4O3. The van der Waals surface area contributed by atoms with Gasteiger partial charge in [-0.05, 0) is 37.3 Å². The number of anilines is 1. The Kier molecular flexibility index (Phi) is 6.77. The van der Waals surface area contributed by atoms with Gasteiger partial charge in [0.1, 0.15) is 0 Å². The Balaban J connectivity index is 1.38. The first-order valence-electron chi connectivity index (χ1n) is 11.3. The maximum atomic E-state index is 13.2. The van der Waals surface area contributed by atoms with E-state index in [4.69, 9.17) is 4.74 Å². The van der Waals surface area contributed by atoms with Crippen LogP contribution in [-0.2, 0) is 16.1 Å². The quantitative estimate of drug-likeness (QED) is 0.759. The van der Waals surface area contributed by atoms with Crippen LogP contribution in [-0.4, -0.2) is 86.2 Å². The third-order valence-corrected chi connectivity index (χ3v) is 6.54. The van der Waals surface area contributed by atoms with Gasteiger partial charge in [-0.15, -0.1) is 0 Å². The molecule has 0 radical (unpaired) electrons. The summed E-state index contributed by atoms with van der Waals surface area (Å²) in [4.78, 5) is 34.0. The minimum atomic E-state index is -0.106. The highest BCUT2D eigenvalue weighted by Gasteiger charge is 2.33. The molecule has 0 unspecified atom stereocenters. The molecule has 1 aromatic rings. The van der Waals surface area contributed by atoms with Crippen LogP contribution in [0.1, 0.15) is 31.2 Å². The molecule has 0 N–H and O–H groups in total. The maximum Gasteiger partial charge on any atom is 0.320 e. The van der Waals surface area contributed by atoms with Gasteiger partial charge in [0, 0.05) is 58.5 Å². The normalized spacial score (nSPS) is 22.3. The molecular weight excluding hydrogens is 380 g/mol. The molecule has 0 bridgehead atoms. The fourth-order valence-electron chi connectivity index (χ4n) is 4.86. The Morgan fingerprint density at radius 2 is 1.70 bits per heavy atom. The number of para-hydroxylation sites is 1. The molecule has 164 valence electrons. The summed E-state index contributed by atoms with van der Waals surface area (Å²) >= 11 is 0. The van der Waals surface area contributed by atoms with Gasteiger partial charge in [-0.25, -0.2) is 4.79 Å². The van der Waals surface area contributed by atoms with Gasteiger partial charge in [0.25, 0.3) is 0 Å². The number of nitrogens with zero attached hydrogens (tertiary/aromatic N) is 4. The van der Waals surface area contributed by atoms with Crippen LogP contribution in [0.25, 0.3) is 0 Å². The first-order valence-corrected chi connectivity index (χ1v) is 11.3. The van der Waals surface area contributed by atoms with E-state index in [2.05, 4.69) is 23.1 Å². The Bertz CT molecular complexity index is 744. The van der Waals surface area contributed by atoms with Crippen molar-refractivity contribution in [2.45, 2.75) is 32.2 Å². The zero-order valence-electron chi connectivity index (χ0n) is 18.1. The van der Waals surface area contributed by atoms with E-state index in [1.807, 2.05) is 27.8 Å². The van der Waals surface area contributed by atoms with Gasteiger partial charge in [0.15, 0.2) is 0 Å². The summed E-state index contributed by atoms with van der Waals surface area (Å²) in [6.45, 7) is 6.85. The van der Waals surface area contributed by atoms with Crippen LogP contribution in [0.5, 0.6) is 0 Å². The standard InChI is InChI=1S/C23H34N4O3/c1-24(17-19-7-2-3-9-21(19)25-13-15-30-16-14-25)22(28)20-8-6-12-27(18-20)23(29)26-10-4-5-11-26/h2-3,7,9,20H,4-6,8,10-18H2,1H3/t20-/m1/s1. The average Bonchev–Trinajstić information content (AvgIpc) is 3.34.